The minimum Gasteiger partial charge on any atom is -0.370 e. The summed E-state index contributed by atoms with van der Waals surface area (Å²) in [6, 6.07) is 0.114. The Bertz CT molecular complexity index is 491. The van der Waals surface area contributed by atoms with Gasteiger partial charge in [0.1, 0.15) is 17.5 Å². The van der Waals surface area contributed by atoms with E-state index in [2.05, 4.69) is 41.4 Å². The average Bonchev–Trinajstić information content (AvgIpc) is 2.38. The van der Waals surface area contributed by atoms with Gasteiger partial charge in [-0.3, -0.25) is 4.21 Å². The summed E-state index contributed by atoms with van der Waals surface area (Å²) in [4.78, 5) is 9.24. The third-order valence-corrected chi connectivity index (χ3v) is 4.06. The van der Waals surface area contributed by atoms with Gasteiger partial charge in [0.15, 0.2) is 0 Å². The third kappa shape index (κ3) is 5.61. The molecule has 2 N–H and O–H groups in total. The van der Waals surface area contributed by atoms with Gasteiger partial charge in [-0.25, -0.2) is 9.97 Å². The van der Waals surface area contributed by atoms with Crippen molar-refractivity contribution in [2.75, 3.05) is 29.2 Å². The van der Waals surface area contributed by atoms with Crippen molar-refractivity contribution < 1.29 is 4.21 Å². The van der Waals surface area contributed by atoms with Crippen LogP contribution in [0.1, 0.15) is 51.4 Å². The average molecular weight is 312 g/mol. The second kappa shape index (κ2) is 8.32. The number of anilines is 2. The van der Waals surface area contributed by atoms with Gasteiger partial charge in [-0.05, 0) is 20.3 Å². The van der Waals surface area contributed by atoms with Crippen molar-refractivity contribution in [2.24, 2.45) is 0 Å². The van der Waals surface area contributed by atoms with E-state index in [1.165, 1.54) is 0 Å². The number of hydrogen-bond donors (Lipinski definition) is 2. The fraction of sp³-hybridized carbons (Fsp3) is 0.733. The lowest BCUT2D eigenvalue weighted by Gasteiger charge is -2.19. The maximum absolute atomic E-state index is 11.3. The summed E-state index contributed by atoms with van der Waals surface area (Å²) in [5, 5.41) is 6.73. The Balaban J connectivity index is 3.04. The van der Waals surface area contributed by atoms with Gasteiger partial charge in [-0.2, -0.15) is 0 Å². The first-order valence-electron chi connectivity index (χ1n) is 7.54. The van der Waals surface area contributed by atoms with Crippen LogP contribution in [0.2, 0.25) is 0 Å². The molecule has 0 saturated carbocycles. The van der Waals surface area contributed by atoms with Gasteiger partial charge in [0.2, 0.25) is 0 Å². The summed E-state index contributed by atoms with van der Waals surface area (Å²) in [5.41, 5.74) is 1.02. The molecule has 21 heavy (non-hydrogen) atoms. The minimum atomic E-state index is -0.822. The maximum atomic E-state index is 11.3. The van der Waals surface area contributed by atoms with E-state index in [1.807, 2.05) is 13.8 Å². The van der Waals surface area contributed by atoms with E-state index in [4.69, 9.17) is 0 Å². The molecule has 0 aliphatic rings. The zero-order valence-corrected chi connectivity index (χ0v) is 14.8. The molecule has 1 heterocycles. The first kappa shape index (κ1) is 17.9. The molecule has 0 bridgehead atoms. The SMILES string of the molecule is CCCNc1nc(C(C)C)nc(NC(C)CS(C)=O)c1C. The molecule has 2 atom stereocenters. The molecular weight excluding hydrogens is 284 g/mol. The smallest absolute Gasteiger partial charge is 0.135 e. The molecule has 0 spiro atoms. The molecule has 0 saturated heterocycles. The first-order valence-corrected chi connectivity index (χ1v) is 9.26. The van der Waals surface area contributed by atoms with Crippen LogP contribution in [0.4, 0.5) is 11.6 Å². The number of aromatic nitrogens is 2. The zero-order valence-electron chi connectivity index (χ0n) is 14.0. The highest BCUT2D eigenvalue weighted by atomic mass is 32.2. The Morgan fingerprint density at radius 2 is 1.81 bits per heavy atom. The minimum absolute atomic E-state index is 0.114. The highest BCUT2D eigenvalue weighted by Crippen LogP contribution is 2.23. The first-order chi connectivity index (χ1) is 9.85. The molecule has 6 heteroatoms. The zero-order chi connectivity index (χ0) is 16.0. The molecule has 0 fully saturated rings. The van der Waals surface area contributed by atoms with Crippen LogP contribution in [0, 0.1) is 6.92 Å². The molecule has 120 valence electrons. The summed E-state index contributed by atoms with van der Waals surface area (Å²) in [6.07, 6.45) is 2.77. The van der Waals surface area contributed by atoms with Gasteiger partial charge in [0, 0.05) is 46.9 Å². The lowest BCUT2D eigenvalue weighted by atomic mass is 10.2. The van der Waals surface area contributed by atoms with Crippen LogP contribution < -0.4 is 10.6 Å². The molecule has 1 aromatic rings. The van der Waals surface area contributed by atoms with Crippen molar-refractivity contribution in [3.8, 4) is 0 Å². The lowest BCUT2D eigenvalue weighted by molar-refractivity contribution is 0.682. The van der Waals surface area contributed by atoms with Crippen molar-refractivity contribution in [3.05, 3.63) is 11.4 Å². The van der Waals surface area contributed by atoms with Gasteiger partial charge in [0.05, 0.1) is 0 Å². The number of nitrogens with one attached hydrogen (secondary N) is 2. The summed E-state index contributed by atoms with van der Waals surface area (Å²) in [5.74, 6) is 3.43. The number of nitrogens with zero attached hydrogens (tertiary/aromatic N) is 2. The van der Waals surface area contributed by atoms with Gasteiger partial charge in [-0.15, -0.1) is 0 Å². The van der Waals surface area contributed by atoms with E-state index in [9.17, 15) is 4.21 Å². The molecule has 1 rings (SSSR count). The molecule has 0 amide bonds. The summed E-state index contributed by atoms with van der Waals surface area (Å²) in [7, 11) is -0.822. The highest BCUT2D eigenvalue weighted by molar-refractivity contribution is 7.84. The van der Waals surface area contributed by atoms with Crippen LogP contribution in [0.3, 0.4) is 0 Å². The van der Waals surface area contributed by atoms with Crippen LogP contribution in [0.25, 0.3) is 0 Å². The fourth-order valence-corrected chi connectivity index (χ4v) is 2.76. The van der Waals surface area contributed by atoms with E-state index in [1.54, 1.807) is 6.26 Å². The second-order valence-corrected chi connectivity index (χ2v) is 7.25. The monoisotopic (exact) mass is 312 g/mol. The van der Waals surface area contributed by atoms with Crippen LogP contribution in [0.5, 0.6) is 0 Å². The lowest BCUT2D eigenvalue weighted by Crippen LogP contribution is -2.24. The third-order valence-electron chi connectivity index (χ3n) is 3.09. The van der Waals surface area contributed by atoms with Gasteiger partial charge < -0.3 is 10.6 Å². The maximum Gasteiger partial charge on any atom is 0.135 e. The predicted octanol–water partition coefficient (Wildman–Crippen LogP) is 2.91. The molecule has 1 aromatic heterocycles. The van der Waals surface area contributed by atoms with Gasteiger partial charge in [0.25, 0.3) is 0 Å². The summed E-state index contributed by atoms with van der Waals surface area (Å²) in [6.45, 7) is 11.2. The highest BCUT2D eigenvalue weighted by Gasteiger charge is 2.15. The normalized spacial score (nSPS) is 14.0. The number of hydrogen-bond acceptors (Lipinski definition) is 5. The Morgan fingerprint density at radius 3 is 2.33 bits per heavy atom. The molecule has 5 nitrogen and oxygen atoms in total. The molecule has 0 aromatic carbocycles. The van der Waals surface area contributed by atoms with Crippen molar-refractivity contribution in [1.29, 1.82) is 0 Å². The standard InChI is InChI=1S/C15H28N4OS/c1-7-8-16-14-12(5)15(17-11(4)9-21(6)20)19-13(18-14)10(2)3/h10-11H,7-9H2,1-6H3,(H2,16,17,18,19). The predicted molar refractivity (Wildman–Crippen MR) is 91.7 cm³/mol. The van der Waals surface area contributed by atoms with Crippen LogP contribution >= 0.6 is 0 Å². The van der Waals surface area contributed by atoms with E-state index >= 15 is 0 Å². The van der Waals surface area contributed by atoms with Crippen molar-refractivity contribution in [3.63, 3.8) is 0 Å². The topological polar surface area (TPSA) is 66.9 Å². The van der Waals surface area contributed by atoms with Gasteiger partial charge >= 0.3 is 0 Å². The van der Waals surface area contributed by atoms with Gasteiger partial charge in [-0.1, -0.05) is 20.8 Å². The number of rotatable bonds is 8. The molecule has 0 radical (unpaired) electrons. The Morgan fingerprint density at radius 1 is 1.19 bits per heavy atom. The van der Waals surface area contributed by atoms with Crippen LogP contribution in [-0.2, 0) is 10.8 Å². The second-order valence-electron chi connectivity index (χ2n) is 5.77. The Kier molecular flexibility index (Phi) is 7.08. The fourth-order valence-electron chi connectivity index (χ4n) is 1.98. The molecular formula is C15H28N4OS. The molecule has 2 unspecified atom stereocenters. The van der Waals surface area contributed by atoms with Crippen molar-refractivity contribution in [1.82, 2.24) is 9.97 Å². The Hall–Kier alpha value is -1.17. The quantitative estimate of drug-likeness (QED) is 0.772. The van der Waals surface area contributed by atoms with Crippen molar-refractivity contribution >= 4 is 22.4 Å². The Labute approximate surface area is 130 Å². The van der Waals surface area contributed by atoms with Crippen LogP contribution in [0.15, 0.2) is 0 Å². The van der Waals surface area contributed by atoms with Crippen LogP contribution in [-0.4, -0.2) is 38.8 Å². The van der Waals surface area contributed by atoms with E-state index < -0.39 is 10.8 Å². The molecule has 0 aliphatic carbocycles. The van der Waals surface area contributed by atoms with E-state index in [0.717, 1.165) is 36.0 Å². The summed E-state index contributed by atoms with van der Waals surface area (Å²) < 4.78 is 11.3. The molecule has 0 aliphatic heterocycles. The van der Waals surface area contributed by atoms with E-state index in [-0.39, 0.29) is 12.0 Å². The van der Waals surface area contributed by atoms with E-state index in [0.29, 0.717) is 5.75 Å². The summed E-state index contributed by atoms with van der Waals surface area (Å²) >= 11 is 0. The van der Waals surface area contributed by atoms with Crippen molar-refractivity contribution in [2.45, 2.75) is 53.0 Å². The largest absolute Gasteiger partial charge is 0.370 e.